The molecule has 0 fully saturated rings. The Morgan fingerprint density at radius 1 is 0.667 bits per heavy atom. The van der Waals surface area contributed by atoms with Crippen LogP contribution in [0.15, 0.2) is 78.9 Å². The third-order valence-corrected chi connectivity index (χ3v) is 6.55. The summed E-state index contributed by atoms with van der Waals surface area (Å²) in [7, 11) is 0. The molecule has 0 aliphatic carbocycles. The number of nitrogens with zero attached hydrogens (tertiary/aromatic N) is 1. The first-order valence-corrected chi connectivity index (χ1v) is 9.60. The van der Waals surface area contributed by atoms with Crippen LogP contribution < -0.4 is 16.4 Å². The first kappa shape index (κ1) is 13.9. The highest BCUT2D eigenvalue weighted by molar-refractivity contribution is 7.01. The Morgan fingerprint density at radius 3 is 2.33 bits per heavy atom. The van der Waals surface area contributed by atoms with Gasteiger partial charge in [0, 0.05) is 22.0 Å². The monoisotopic (exact) mass is 341 g/mol. The highest BCUT2D eigenvalue weighted by atomic mass is 15.0. The van der Waals surface area contributed by atoms with E-state index in [9.17, 15) is 0 Å². The summed E-state index contributed by atoms with van der Waals surface area (Å²) in [6.07, 6.45) is 0. The van der Waals surface area contributed by atoms with Gasteiger partial charge in [0.05, 0.1) is 5.52 Å². The van der Waals surface area contributed by atoms with Crippen LogP contribution >= 0.6 is 0 Å². The number of aryl methyl sites for hydroxylation is 1. The lowest BCUT2D eigenvalue weighted by Gasteiger charge is -2.25. The quantitative estimate of drug-likeness (QED) is 0.369. The fraction of sp³-hybridized carbons (Fsp3) is 0.0400. The smallest absolute Gasteiger partial charge is 0.248 e. The minimum absolute atomic E-state index is 0.341. The molecule has 0 radical (unpaired) electrons. The van der Waals surface area contributed by atoms with E-state index in [2.05, 4.69) is 90.4 Å². The Balaban J connectivity index is 1.79. The molecule has 7 rings (SSSR count). The molecule has 124 valence electrons. The molecule has 2 aliphatic rings. The maximum atomic E-state index is 2.50. The second-order valence-electron chi connectivity index (χ2n) is 7.80. The van der Waals surface area contributed by atoms with Gasteiger partial charge in [0.1, 0.15) is 0 Å². The van der Waals surface area contributed by atoms with Crippen molar-refractivity contribution in [3.8, 4) is 16.8 Å². The highest BCUT2D eigenvalue weighted by Crippen LogP contribution is 2.36. The van der Waals surface area contributed by atoms with Crippen molar-refractivity contribution in [2.75, 3.05) is 0 Å². The van der Waals surface area contributed by atoms with Gasteiger partial charge >= 0.3 is 0 Å². The van der Waals surface area contributed by atoms with Crippen LogP contribution in [0.3, 0.4) is 0 Å². The lowest BCUT2D eigenvalue weighted by atomic mass is 9.37. The molecule has 0 atom stereocenters. The second kappa shape index (κ2) is 4.53. The molecule has 2 heteroatoms. The molecule has 0 saturated carbocycles. The van der Waals surface area contributed by atoms with Crippen molar-refractivity contribution in [1.29, 1.82) is 0 Å². The van der Waals surface area contributed by atoms with Crippen LogP contribution in [-0.2, 0) is 0 Å². The van der Waals surface area contributed by atoms with E-state index < -0.39 is 0 Å². The minimum Gasteiger partial charge on any atom is -0.310 e. The number of aromatic nitrogens is 1. The van der Waals surface area contributed by atoms with Gasteiger partial charge in [-0.2, -0.15) is 0 Å². The summed E-state index contributed by atoms with van der Waals surface area (Å²) in [5, 5.41) is 2.71. The number of fused-ring (bicyclic) bond motifs is 8. The number of hydrogen-bond donors (Lipinski definition) is 0. The highest BCUT2D eigenvalue weighted by Gasteiger charge is 2.41. The Labute approximate surface area is 158 Å². The van der Waals surface area contributed by atoms with Crippen LogP contribution in [0.4, 0.5) is 0 Å². The van der Waals surface area contributed by atoms with Gasteiger partial charge in [0.2, 0.25) is 6.71 Å². The van der Waals surface area contributed by atoms with E-state index in [1.807, 2.05) is 0 Å². The van der Waals surface area contributed by atoms with Crippen molar-refractivity contribution in [3.05, 3.63) is 84.4 Å². The fourth-order valence-corrected chi connectivity index (χ4v) is 5.57. The molecule has 0 bridgehead atoms. The second-order valence-corrected chi connectivity index (χ2v) is 7.80. The third-order valence-electron chi connectivity index (χ3n) is 6.55. The lowest BCUT2D eigenvalue weighted by Crippen LogP contribution is -2.53. The molecule has 0 unspecified atom stereocenters. The van der Waals surface area contributed by atoms with Crippen LogP contribution in [0.25, 0.3) is 38.6 Å². The molecule has 0 saturated heterocycles. The zero-order valence-corrected chi connectivity index (χ0v) is 15.0. The van der Waals surface area contributed by atoms with E-state index in [1.165, 1.54) is 60.6 Å². The van der Waals surface area contributed by atoms with E-state index in [-0.39, 0.29) is 0 Å². The molecule has 4 aromatic carbocycles. The van der Waals surface area contributed by atoms with Gasteiger partial charge < -0.3 is 4.57 Å². The molecular formula is C25H16BN. The third kappa shape index (κ3) is 1.46. The van der Waals surface area contributed by atoms with Crippen molar-refractivity contribution in [2.24, 2.45) is 0 Å². The average Bonchev–Trinajstić information content (AvgIpc) is 3.23. The van der Waals surface area contributed by atoms with Gasteiger partial charge in [-0.25, -0.2) is 0 Å². The maximum Gasteiger partial charge on any atom is 0.248 e. The maximum absolute atomic E-state index is 2.50. The van der Waals surface area contributed by atoms with Crippen LogP contribution in [0.5, 0.6) is 0 Å². The Morgan fingerprint density at radius 2 is 1.41 bits per heavy atom. The number of para-hydroxylation sites is 2. The molecule has 27 heavy (non-hydrogen) atoms. The standard InChI is InChI=1S/C25H16BN/c1-15-7-4-9-17-18-10-6-14-22-24(18)26(23(15)17)20-12-5-11-19-16-8-2-3-13-21(16)27(22)25(19)20/h2-14H,1H3. The number of rotatable bonds is 0. The van der Waals surface area contributed by atoms with Crippen LogP contribution in [0.2, 0.25) is 0 Å². The van der Waals surface area contributed by atoms with E-state index in [0.717, 1.165) is 0 Å². The fourth-order valence-electron chi connectivity index (χ4n) is 5.57. The molecule has 3 heterocycles. The minimum atomic E-state index is 0.341. The van der Waals surface area contributed by atoms with E-state index >= 15 is 0 Å². The number of hydrogen-bond acceptors (Lipinski definition) is 0. The Hall–Kier alpha value is -3.26. The van der Waals surface area contributed by atoms with Crippen LogP contribution in [0.1, 0.15) is 5.56 Å². The van der Waals surface area contributed by atoms with Gasteiger partial charge in [0.25, 0.3) is 0 Å². The molecule has 1 nitrogen and oxygen atoms in total. The summed E-state index contributed by atoms with van der Waals surface area (Å²) in [5.41, 5.74) is 12.6. The molecular weight excluding hydrogens is 325 g/mol. The summed E-state index contributed by atoms with van der Waals surface area (Å²) >= 11 is 0. The first-order valence-electron chi connectivity index (χ1n) is 9.60. The van der Waals surface area contributed by atoms with Crippen molar-refractivity contribution in [3.63, 3.8) is 0 Å². The lowest BCUT2D eigenvalue weighted by molar-refractivity contribution is 1.19. The molecule has 0 N–H and O–H groups in total. The summed E-state index contributed by atoms with van der Waals surface area (Å²) in [6.45, 7) is 2.60. The van der Waals surface area contributed by atoms with E-state index in [4.69, 9.17) is 0 Å². The zero-order valence-electron chi connectivity index (χ0n) is 15.0. The summed E-state index contributed by atoms with van der Waals surface area (Å²) in [5.74, 6) is 0. The van der Waals surface area contributed by atoms with Crippen molar-refractivity contribution in [1.82, 2.24) is 4.57 Å². The summed E-state index contributed by atoms with van der Waals surface area (Å²) < 4.78 is 2.50. The predicted octanol–water partition coefficient (Wildman–Crippen LogP) is 3.90. The molecule has 0 spiro atoms. The molecule has 2 aliphatic heterocycles. The van der Waals surface area contributed by atoms with E-state index in [1.54, 1.807) is 0 Å². The van der Waals surface area contributed by atoms with Gasteiger partial charge in [0.15, 0.2) is 0 Å². The first-order chi connectivity index (χ1) is 13.3. The van der Waals surface area contributed by atoms with Crippen LogP contribution in [0, 0.1) is 6.92 Å². The Kier molecular flexibility index (Phi) is 2.33. The Bertz CT molecular complexity index is 1440. The SMILES string of the molecule is Cc1cccc2c1B1c3c-2cccc3-n2c3ccccc3c3cccc1c32. The van der Waals surface area contributed by atoms with Crippen molar-refractivity contribution in [2.45, 2.75) is 6.92 Å². The number of benzene rings is 4. The topological polar surface area (TPSA) is 4.93 Å². The van der Waals surface area contributed by atoms with Crippen molar-refractivity contribution < 1.29 is 0 Å². The molecule has 5 aromatic rings. The predicted molar refractivity (Wildman–Crippen MR) is 116 cm³/mol. The summed E-state index contributed by atoms with van der Waals surface area (Å²) in [6, 6.07) is 29.2. The van der Waals surface area contributed by atoms with Gasteiger partial charge in [-0.1, -0.05) is 77.8 Å². The average molecular weight is 341 g/mol. The van der Waals surface area contributed by atoms with E-state index in [0.29, 0.717) is 6.71 Å². The molecule has 1 aromatic heterocycles. The van der Waals surface area contributed by atoms with Crippen LogP contribution in [-0.4, -0.2) is 11.3 Å². The van der Waals surface area contributed by atoms with Crippen molar-refractivity contribution >= 4 is 44.9 Å². The summed E-state index contributed by atoms with van der Waals surface area (Å²) in [4.78, 5) is 0. The van der Waals surface area contributed by atoms with Gasteiger partial charge in [-0.05, 0) is 41.1 Å². The normalized spacial score (nSPS) is 13.3. The largest absolute Gasteiger partial charge is 0.310 e. The zero-order chi connectivity index (χ0) is 17.7. The van der Waals surface area contributed by atoms with Gasteiger partial charge in [-0.3, -0.25) is 0 Å². The van der Waals surface area contributed by atoms with Gasteiger partial charge in [-0.15, -0.1) is 0 Å². The molecule has 0 amide bonds.